The molecule has 0 atom stereocenters. The van der Waals surface area contributed by atoms with Crippen LogP contribution in [0.15, 0.2) is 24.3 Å². The fourth-order valence-electron chi connectivity index (χ4n) is 2.30. The average Bonchev–Trinajstić information content (AvgIpc) is 2.40. The van der Waals surface area contributed by atoms with Crippen LogP contribution in [0, 0.1) is 10.1 Å². The maximum Gasteiger partial charge on any atom is 0.273 e. The van der Waals surface area contributed by atoms with Crippen molar-refractivity contribution >= 4 is 5.69 Å². The van der Waals surface area contributed by atoms with Crippen molar-refractivity contribution in [1.82, 2.24) is 0 Å². The van der Waals surface area contributed by atoms with Gasteiger partial charge in [0.2, 0.25) is 0 Å². The summed E-state index contributed by atoms with van der Waals surface area (Å²) in [6.45, 7) is 4.04. The van der Waals surface area contributed by atoms with Crippen LogP contribution in [0.2, 0.25) is 0 Å². The van der Waals surface area contributed by atoms with Crippen molar-refractivity contribution in [2.45, 2.75) is 19.3 Å². The summed E-state index contributed by atoms with van der Waals surface area (Å²) in [7, 11) is 0. The summed E-state index contributed by atoms with van der Waals surface area (Å²) in [5.41, 5.74) is 0.0813. The van der Waals surface area contributed by atoms with E-state index >= 15 is 0 Å². The molecule has 98 valence electrons. The first-order chi connectivity index (χ1) is 8.75. The van der Waals surface area contributed by atoms with Gasteiger partial charge in [0.05, 0.1) is 24.1 Å². The van der Waals surface area contributed by atoms with E-state index in [-0.39, 0.29) is 5.69 Å². The first-order valence-electron chi connectivity index (χ1n) is 6.46. The number of hydrogen-bond donors (Lipinski definition) is 1. The molecule has 5 nitrogen and oxygen atoms in total. The number of non-ortho nitro benzene ring substituents is 1. The zero-order valence-electron chi connectivity index (χ0n) is 10.4. The van der Waals surface area contributed by atoms with Crippen LogP contribution >= 0.6 is 0 Å². The Kier molecular flexibility index (Phi) is 4.52. The smallest absolute Gasteiger partial charge is 0.273 e. The zero-order valence-corrected chi connectivity index (χ0v) is 10.4. The number of nitrogens with zero attached hydrogens (tertiary/aromatic N) is 1. The number of nitrogens with one attached hydrogen (secondary N) is 1. The van der Waals surface area contributed by atoms with E-state index in [4.69, 9.17) is 4.74 Å². The van der Waals surface area contributed by atoms with E-state index in [0.717, 1.165) is 6.54 Å². The summed E-state index contributed by atoms with van der Waals surface area (Å²) in [6.07, 6.45) is 3.94. The van der Waals surface area contributed by atoms with Crippen LogP contribution < -0.4 is 9.64 Å². The fraction of sp³-hybridized carbons (Fsp3) is 0.538. The van der Waals surface area contributed by atoms with Crippen molar-refractivity contribution in [1.29, 1.82) is 0 Å². The third-order valence-corrected chi connectivity index (χ3v) is 3.31. The lowest BCUT2D eigenvalue weighted by molar-refractivity contribution is -0.904. The van der Waals surface area contributed by atoms with Crippen molar-refractivity contribution < 1.29 is 14.6 Å². The lowest BCUT2D eigenvalue weighted by Crippen LogP contribution is -3.13. The van der Waals surface area contributed by atoms with Gasteiger partial charge in [0, 0.05) is 6.07 Å². The second-order valence-corrected chi connectivity index (χ2v) is 4.66. The first kappa shape index (κ1) is 12.8. The van der Waals surface area contributed by atoms with E-state index < -0.39 is 4.92 Å². The minimum atomic E-state index is -0.400. The Morgan fingerprint density at radius 1 is 1.28 bits per heavy atom. The highest BCUT2D eigenvalue weighted by Crippen LogP contribution is 2.18. The Hall–Kier alpha value is -1.62. The number of piperidine rings is 1. The molecule has 0 aliphatic carbocycles. The van der Waals surface area contributed by atoms with Crippen molar-refractivity contribution in [3.63, 3.8) is 0 Å². The molecule has 1 saturated heterocycles. The van der Waals surface area contributed by atoms with Crippen LogP contribution in [-0.4, -0.2) is 31.2 Å². The van der Waals surface area contributed by atoms with Gasteiger partial charge in [0.1, 0.15) is 18.9 Å². The monoisotopic (exact) mass is 251 g/mol. The molecular formula is C13H19N2O3+. The predicted octanol–water partition coefficient (Wildman–Crippen LogP) is 1.04. The van der Waals surface area contributed by atoms with Gasteiger partial charge in [-0.05, 0) is 25.3 Å². The summed E-state index contributed by atoms with van der Waals surface area (Å²) in [4.78, 5) is 11.8. The number of ether oxygens (including phenoxy) is 1. The van der Waals surface area contributed by atoms with Gasteiger partial charge in [-0.3, -0.25) is 10.1 Å². The number of hydrogen-bond acceptors (Lipinski definition) is 3. The van der Waals surface area contributed by atoms with E-state index in [2.05, 4.69) is 0 Å². The quantitative estimate of drug-likeness (QED) is 0.628. The molecule has 0 radical (unpaired) electrons. The van der Waals surface area contributed by atoms with Crippen molar-refractivity contribution in [3.8, 4) is 5.75 Å². The van der Waals surface area contributed by atoms with E-state index in [0.29, 0.717) is 12.4 Å². The summed E-state index contributed by atoms with van der Waals surface area (Å²) >= 11 is 0. The van der Waals surface area contributed by atoms with E-state index in [9.17, 15) is 10.1 Å². The molecule has 0 aromatic heterocycles. The van der Waals surface area contributed by atoms with Crippen molar-refractivity contribution in [3.05, 3.63) is 34.4 Å². The van der Waals surface area contributed by atoms with Crippen molar-refractivity contribution in [2.24, 2.45) is 0 Å². The minimum Gasteiger partial charge on any atom is -0.487 e. The van der Waals surface area contributed by atoms with Crippen LogP contribution in [0.25, 0.3) is 0 Å². The first-order valence-corrected chi connectivity index (χ1v) is 6.46. The van der Waals surface area contributed by atoms with Crippen LogP contribution in [0.1, 0.15) is 19.3 Å². The molecule has 1 aliphatic heterocycles. The summed E-state index contributed by atoms with van der Waals surface area (Å²) in [5, 5.41) is 10.6. The molecule has 1 aromatic carbocycles. The third-order valence-electron chi connectivity index (χ3n) is 3.31. The van der Waals surface area contributed by atoms with Gasteiger partial charge >= 0.3 is 0 Å². The molecule has 0 unspecified atom stereocenters. The van der Waals surface area contributed by atoms with Gasteiger partial charge in [-0.15, -0.1) is 0 Å². The summed E-state index contributed by atoms with van der Waals surface area (Å²) in [5.74, 6) is 0.584. The Morgan fingerprint density at radius 2 is 2.06 bits per heavy atom. The summed E-state index contributed by atoms with van der Waals surface area (Å²) in [6, 6.07) is 6.37. The van der Waals surface area contributed by atoms with E-state index in [1.165, 1.54) is 44.5 Å². The lowest BCUT2D eigenvalue weighted by Gasteiger charge is -2.23. The molecule has 1 aliphatic rings. The Labute approximate surface area is 107 Å². The molecule has 0 saturated carbocycles. The van der Waals surface area contributed by atoms with E-state index in [1.54, 1.807) is 17.0 Å². The largest absolute Gasteiger partial charge is 0.487 e. The Bertz CT molecular complexity index is 403. The highest BCUT2D eigenvalue weighted by Gasteiger charge is 2.13. The second kappa shape index (κ2) is 6.35. The molecule has 2 rings (SSSR count). The molecule has 1 fully saturated rings. The number of rotatable bonds is 5. The molecule has 5 heteroatoms. The number of benzene rings is 1. The molecular weight excluding hydrogens is 232 g/mol. The highest BCUT2D eigenvalue weighted by molar-refractivity contribution is 5.37. The van der Waals surface area contributed by atoms with Crippen LogP contribution in [0.4, 0.5) is 5.69 Å². The molecule has 18 heavy (non-hydrogen) atoms. The van der Waals surface area contributed by atoms with Crippen LogP contribution in [0.3, 0.4) is 0 Å². The highest BCUT2D eigenvalue weighted by atomic mass is 16.6. The third kappa shape index (κ3) is 3.70. The minimum absolute atomic E-state index is 0.0813. The molecule has 1 N–H and O–H groups in total. The van der Waals surface area contributed by atoms with Crippen molar-refractivity contribution in [2.75, 3.05) is 26.2 Å². The Balaban J connectivity index is 1.78. The van der Waals surface area contributed by atoms with Gasteiger partial charge in [-0.1, -0.05) is 6.07 Å². The number of nitro groups is 1. The normalized spacial score (nSPS) is 16.4. The lowest BCUT2D eigenvalue weighted by atomic mass is 10.1. The van der Waals surface area contributed by atoms with Gasteiger partial charge < -0.3 is 9.64 Å². The van der Waals surface area contributed by atoms with Gasteiger partial charge in [-0.2, -0.15) is 0 Å². The predicted molar refractivity (Wildman–Crippen MR) is 68.0 cm³/mol. The second-order valence-electron chi connectivity index (χ2n) is 4.66. The van der Waals surface area contributed by atoms with E-state index in [1.807, 2.05) is 0 Å². The maximum absolute atomic E-state index is 10.6. The molecule has 1 heterocycles. The van der Waals surface area contributed by atoms with Crippen LogP contribution in [0.5, 0.6) is 5.75 Å². The molecule has 1 aromatic rings. The fourth-order valence-corrected chi connectivity index (χ4v) is 2.30. The number of quaternary nitrogens is 1. The molecule has 0 bridgehead atoms. The van der Waals surface area contributed by atoms with Gasteiger partial charge in [-0.25, -0.2) is 0 Å². The average molecular weight is 251 g/mol. The SMILES string of the molecule is O=[N+]([O-])c1cccc(OCC[NH+]2CCCCC2)c1. The van der Waals surface area contributed by atoms with Gasteiger partial charge in [0.25, 0.3) is 5.69 Å². The van der Waals surface area contributed by atoms with Crippen LogP contribution in [-0.2, 0) is 0 Å². The van der Waals surface area contributed by atoms with Gasteiger partial charge in [0.15, 0.2) is 0 Å². The number of likely N-dealkylation sites (tertiary alicyclic amines) is 1. The Morgan fingerprint density at radius 3 is 2.78 bits per heavy atom. The molecule has 0 spiro atoms. The molecule has 0 amide bonds. The standard InChI is InChI=1S/C13H18N2O3/c16-15(17)12-5-4-6-13(11-12)18-10-9-14-7-2-1-3-8-14/h4-6,11H,1-3,7-10H2/p+1. The summed E-state index contributed by atoms with van der Waals surface area (Å²) < 4.78 is 5.57. The topological polar surface area (TPSA) is 56.8 Å². The zero-order chi connectivity index (χ0) is 12.8. The maximum atomic E-state index is 10.6. The number of nitro benzene ring substituents is 1.